The van der Waals surface area contributed by atoms with Crippen molar-refractivity contribution in [1.82, 2.24) is 30.3 Å². The molecular formula is C42H47FN8O3. The number of halogens is 1. The number of pyridine rings is 1. The van der Waals surface area contributed by atoms with E-state index in [0.717, 1.165) is 83.1 Å². The van der Waals surface area contributed by atoms with E-state index < -0.39 is 5.82 Å². The third-order valence-corrected chi connectivity index (χ3v) is 12.4. The van der Waals surface area contributed by atoms with E-state index in [9.17, 15) is 5.11 Å². The SMILES string of the molecule is C#Cc1cccc2cc(O)cc(-c3ncc4c(N5CC6CCC(C5)N6)nc(OCCN5CCC6(CC5)CN(c5cc(C(C)C(C)C)on5)C6)nc4c3F)c12. The van der Waals surface area contributed by atoms with Crippen molar-refractivity contribution in [2.24, 2.45) is 11.3 Å². The Morgan fingerprint density at radius 1 is 1.07 bits per heavy atom. The summed E-state index contributed by atoms with van der Waals surface area (Å²) >= 11 is 0. The molecule has 4 fully saturated rings. The van der Waals surface area contributed by atoms with Gasteiger partial charge in [0.25, 0.3) is 0 Å². The van der Waals surface area contributed by atoms with Gasteiger partial charge in [0.1, 0.15) is 35.1 Å². The Morgan fingerprint density at radius 3 is 2.59 bits per heavy atom. The van der Waals surface area contributed by atoms with Crippen LogP contribution in [-0.4, -0.2) is 94.6 Å². The van der Waals surface area contributed by atoms with Gasteiger partial charge in [-0.05, 0) is 68.3 Å². The summed E-state index contributed by atoms with van der Waals surface area (Å²) in [6.45, 7) is 13.2. The highest BCUT2D eigenvalue weighted by molar-refractivity contribution is 6.02. The molecular weight excluding hydrogens is 684 g/mol. The van der Waals surface area contributed by atoms with E-state index in [4.69, 9.17) is 20.7 Å². The highest BCUT2D eigenvalue weighted by atomic mass is 19.1. The largest absolute Gasteiger partial charge is 0.508 e. The Balaban J connectivity index is 0.929. The molecule has 2 N–H and O–H groups in total. The molecule has 0 aliphatic carbocycles. The summed E-state index contributed by atoms with van der Waals surface area (Å²) in [5.41, 5.74) is 1.50. The van der Waals surface area contributed by atoms with Gasteiger partial charge < -0.3 is 29.5 Å². The molecule has 0 amide bonds. The van der Waals surface area contributed by atoms with Gasteiger partial charge in [-0.3, -0.25) is 9.88 Å². The molecule has 0 radical (unpaired) electrons. The van der Waals surface area contributed by atoms with Gasteiger partial charge >= 0.3 is 6.01 Å². The summed E-state index contributed by atoms with van der Waals surface area (Å²) in [6.07, 6.45) is 11.9. The number of ether oxygens (including phenoxy) is 1. The molecule has 12 heteroatoms. The Morgan fingerprint density at radius 2 is 1.85 bits per heavy atom. The molecule has 11 nitrogen and oxygen atoms in total. The van der Waals surface area contributed by atoms with Crippen LogP contribution in [0.15, 0.2) is 47.1 Å². The third kappa shape index (κ3) is 6.27. The number of likely N-dealkylation sites (tertiary alicyclic amines) is 1. The van der Waals surface area contributed by atoms with Crippen molar-refractivity contribution in [2.75, 3.05) is 62.2 Å². The summed E-state index contributed by atoms with van der Waals surface area (Å²) < 4.78 is 28.8. The van der Waals surface area contributed by atoms with Crippen molar-refractivity contribution < 1.29 is 18.8 Å². The van der Waals surface area contributed by atoms with Crippen LogP contribution in [0.25, 0.3) is 32.9 Å². The number of phenols is 1. The zero-order valence-electron chi connectivity index (χ0n) is 31.2. The molecule has 4 aliphatic rings. The first-order chi connectivity index (χ1) is 26.2. The second kappa shape index (κ2) is 13.7. The summed E-state index contributed by atoms with van der Waals surface area (Å²) in [4.78, 5) is 21.2. The number of aromatic nitrogens is 4. The van der Waals surface area contributed by atoms with Crippen LogP contribution in [0.1, 0.15) is 63.7 Å². The van der Waals surface area contributed by atoms with Gasteiger partial charge in [0, 0.05) is 84.9 Å². The first kappa shape index (κ1) is 34.8. The fourth-order valence-electron chi connectivity index (χ4n) is 8.93. The van der Waals surface area contributed by atoms with Gasteiger partial charge in [-0.15, -0.1) is 6.42 Å². The number of nitrogens with one attached hydrogen (secondary N) is 1. The van der Waals surface area contributed by atoms with Crippen LogP contribution in [0.2, 0.25) is 0 Å². The third-order valence-electron chi connectivity index (χ3n) is 12.4. The molecule has 7 heterocycles. The summed E-state index contributed by atoms with van der Waals surface area (Å²) in [5, 5.41) is 20.5. The number of benzene rings is 2. The maximum atomic E-state index is 16.9. The zero-order chi connectivity index (χ0) is 37.1. The number of hydrogen-bond acceptors (Lipinski definition) is 11. The van der Waals surface area contributed by atoms with Gasteiger partial charge in [-0.25, -0.2) is 4.39 Å². The standard InChI is InChI=1S/C42H47FN8O3/c1-5-27-7-6-8-28-17-31(52)18-32(36(27)28)38-37(43)39-33(20-44-38)40(50-21-29-9-10-30(22-50)45-29)47-41(46-39)53-16-15-49-13-11-42(12-14-49)23-51(24-42)35-19-34(54-48-35)26(4)25(2)3/h1,6-8,17-20,25-26,29-30,45,52H,9-16,21-24H2,2-4H3. The quantitative estimate of drug-likeness (QED) is 0.166. The Kier molecular flexibility index (Phi) is 8.82. The van der Waals surface area contributed by atoms with Crippen molar-refractivity contribution in [3.8, 4) is 35.4 Å². The highest BCUT2D eigenvalue weighted by Crippen LogP contribution is 2.43. The van der Waals surface area contributed by atoms with Crippen molar-refractivity contribution in [1.29, 1.82) is 0 Å². The first-order valence-electron chi connectivity index (χ1n) is 19.3. The average molecular weight is 731 g/mol. The summed E-state index contributed by atoms with van der Waals surface area (Å²) in [5.74, 6) is 5.49. The minimum atomic E-state index is -0.607. The van der Waals surface area contributed by atoms with Crippen molar-refractivity contribution >= 4 is 33.3 Å². The zero-order valence-corrected chi connectivity index (χ0v) is 31.2. The molecule has 0 saturated carbocycles. The molecule has 3 aromatic heterocycles. The van der Waals surface area contributed by atoms with Gasteiger partial charge in [0.2, 0.25) is 0 Å². The van der Waals surface area contributed by atoms with Crippen LogP contribution in [-0.2, 0) is 0 Å². The number of piperazine rings is 1. The fraction of sp³-hybridized carbons (Fsp3) is 0.476. The number of aromatic hydroxyl groups is 1. The Labute approximate surface area is 314 Å². The van der Waals surface area contributed by atoms with Crippen molar-refractivity contribution in [2.45, 2.75) is 64.5 Å². The van der Waals surface area contributed by atoms with Crippen LogP contribution in [0.5, 0.6) is 11.8 Å². The molecule has 4 aliphatic heterocycles. The fourth-order valence-corrected chi connectivity index (χ4v) is 8.93. The normalized spacial score (nSPS) is 21.6. The summed E-state index contributed by atoms with van der Waals surface area (Å²) in [7, 11) is 0. The minimum absolute atomic E-state index is 0.00440. The molecule has 3 unspecified atom stereocenters. The van der Waals surface area contributed by atoms with Crippen LogP contribution in [0.3, 0.4) is 0 Å². The summed E-state index contributed by atoms with van der Waals surface area (Å²) in [6, 6.07) is 11.6. The van der Waals surface area contributed by atoms with Gasteiger partial charge in [0.15, 0.2) is 11.6 Å². The predicted molar refractivity (Wildman–Crippen MR) is 208 cm³/mol. The number of fused-ring (bicyclic) bond motifs is 4. The molecule has 5 aromatic rings. The van der Waals surface area contributed by atoms with E-state index in [1.54, 1.807) is 18.3 Å². The molecule has 2 bridgehead atoms. The van der Waals surface area contributed by atoms with Crippen molar-refractivity contribution in [3.05, 3.63) is 59.7 Å². The maximum Gasteiger partial charge on any atom is 0.319 e. The monoisotopic (exact) mass is 730 g/mol. The molecule has 9 rings (SSSR count). The van der Waals surface area contributed by atoms with Crippen LogP contribution in [0.4, 0.5) is 16.0 Å². The topological polar surface area (TPSA) is 116 Å². The van der Waals surface area contributed by atoms with Crippen LogP contribution in [0, 0.1) is 29.5 Å². The minimum Gasteiger partial charge on any atom is -0.508 e. The van der Waals surface area contributed by atoms with Gasteiger partial charge in [0.05, 0.1) is 5.39 Å². The molecule has 3 atom stereocenters. The number of terminal acetylenes is 1. The van der Waals surface area contributed by atoms with E-state index in [1.165, 1.54) is 6.07 Å². The number of phenolic OH excluding ortho intramolecular Hbond substituents is 1. The van der Waals surface area contributed by atoms with E-state index >= 15 is 4.39 Å². The average Bonchev–Trinajstić information content (AvgIpc) is 3.78. The molecule has 280 valence electrons. The second-order valence-electron chi connectivity index (χ2n) is 16.3. The number of piperidine rings is 1. The van der Waals surface area contributed by atoms with Crippen LogP contribution >= 0.6 is 0 Å². The lowest BCUT2D eigenvalue weighted by Gasteiger charge is -2.54. The molecule has 1 spiro atoms. The molecule has 2 aromatic carbocycles. The maximum absolute atomic E-state index is 16.9. The predicted octanol–water partition coefficient (Wildman–Crippen LogP) is 6.34. The van der Waals surface area contributed by atoms with E-state index in [1.807, 2.05) is 12.1 Å². The lowest BCUT2D eigenvalue weighted by molar-refractivity contribution is 0.0668. The van der Waals surface area contributed by atoms with E-state index in [2.05, 4.69) is 67.9 Å². The number of rotatable bonds is 9. The van der Waals surface area contributed by atoms with Gasteiger partial charge in [-0.1, -0.05) is 44.0 Å². The number of hydrogen-bond donors (Lipinski definition) is 2. The second-order valence-corrected chi connectivity index (χ2v) is 16.3. The van der Waals surface area contributed by atoms with Crippen molar-refractivity contribution in [3.63, 3.8) is 0 Å². The molecule has 54 heavy (non-hydrogen) atoms. The number of anilines is 2. The lowest BCUT2D eigenvalue weighted by Crippen LogP contribution is -2.60. The Bertz CT molecular complexity index is 2240. The van der Waals surface area contributed by atoms with Crippen LogP contribution < -0.4 is 19.9 Å². The number of nitrogens with zero attached hydrogens (tertiary/aromatic N) is 7. The lowest BCUT2D eigenvalue weighted by atomic mass is 9.72. The van der Waals surface area contributed by atoms with Gasteiger partial charge in [-0.2, -0.15) is 9.97 Å². The highest BCUT2D eigenvalue weighted by Gasteiger charge is 2.46. The van der Waals surface area contributed by atoms with E-state index in [0.29, 0.717) is 69.0 Å². The molecule has 4 saturated heterocycles. The van der Waals surface area contributed by atoms with E-state index in [-0.39, 0.29) is 23.0 Å². The Hall–Kier alpha value is -4.99. The first-order valence-corrected chi connectivity index (χ1v) is 19.3. The smallest absolute Gasteiger partial charge is 0.319 e.